The number of Topliss-reactive ketones (excluding diaryl/α,β-unsaturated/α-hetero) is 1. The Morgan fingerprint density at radius 3 is 1.58 bits per heavy atom. The van der Waals surface area contributed by atoms with Crippen LogP contribution in [0.15, 0.2) is 72.8 Å². The van der Waals surface area contributed by atoms with Crippen molar-refractivity contribution in [1.29, 1.82) is 0 Å². The maximum Gasteiger partial charge on any atom is 0.343 e. The fraction of sp³-hybridized carbons (Fsp3) is 0.125. The molecule has 0 aromatic heterocycles. The first-order valence-corrected chi connectivity index (χ1v) is 9.34. The maximum atomic E-state index is 12.6. The van der Waals surface area contributed by atoms with Crippen molar-refractivity contribution in [1.82, 2.24) is 0 Å². The normalized spacial score (nSPS) is 10.3. The topological polar surface area (TPSA) is 88.1 Å². The van der Waals surface area contributed by atoms with Gasteiger partial charge in [-0.2, -0.15) is 0 Å². The summed E-state index contributed by atoms with van der Waals surface area (Å²) < 4.78 is 21.3. The van der Waals surface area contributed by atoms with Crippen LogP contribution < -0.4 is 14.2 Å². The molecule has 0 radical (unpaired) electrons. The second kappa shape index (κ2) is 10.2. The molecule has 7 heteroatoms. The second-order valence-corrected chi connectivity index (χ2v) is 6.41. The molecule has 7 nitrogen and oxygen atoms in total. The molecule has 0 aliphatic heterocycles. The van der Waals surface area contributed by atoms with Gasteiger partial charge in [0.1, 0.15) is 22.8 Å². The van der Waals surface area contributed by atoms with Gasteiger partial charge in [0.15, 0.2) is 12.6 Å². The van der Waals surface area contributed by atoms with Crippen LogP contribution in [0.1, 0.15) is 38.0 Å². The van der Waals surface area contributed by atoms with Crippen LogP contribution in [0.25, 0.3) is 0 Å². The second-order valence-electron chi connectivity index (χ2n) is 6.41. The van der Waals surface area contributed by atoms with Crippen LogP contribution in [0, 0.1) is 0 Å². The molecular formula is C24H20O7. The van der Waals surface area contributed by atoms with Crippen molar-refractivity contribution in [3.05, 3.63) is 89.5 Å². The molecule has 0 N–H and O–H groups in total. The highest BCUT2D eigenvalue weighted by Gasteiger charge is 2.23. The fourth-order valence-electron chi connectivity index (χ4n) is 2.75. The SMILES string of the molecule is COCOc1cc(OC(=O)c2ccccc2)c(C(C)=O)c(OC(=O)c2ccccc2)c1. The van der Waals surface area contributed by atoms with E-state index in [1.165, 1.54) is 26.2 Å². The van der Waals surface area contributed by atoms with Gasteiger partial charge in [-0.05, 0) is 31.2 Å². The van der Waals surface area contributed by atoms with Crippen molar-refractivity contribution in [3.63, 3.8) is 0 Å². The van der Waals surface area contributed by atoms with E-state index in [0.29, 0.717) is 11.1 Å². The van der Waals surface area contributed by atoms with Gasteiger partial charge >= 0.3 is 11.9 Å². The van der Waals surface area contributed by atoms with E-state index in [4.69, 9.17) is 18.9 Å². The molecule has 0 fully saturated rings. The van der Waals surface area contributed by atoms with E-state index in [1.54, 1.807) is 60.7 Å². The summed E-state index contributed by atoms with van der Waals surface area (Å²) in [7, 11) is 1.44. The van der Waals surface area contributed by atoms with Crippen LogP contribution in [-0.4, -0.2) is 31.6 Å². The van der Waals surface area contributed by atoms with Gasteiger partial charge in [-0.25, -0.2) is 9.59 Å². The first-order valence-electron chi connectivity index (χ1n) is 9.34. The first-order chi connectivity index (χ1) is 15.0. The van der Waals surface area contributed by atoms with Gasteiger partial charge in [-0.3, -0.25) is 4.79 Å². The van der Waals surface area contributed by atoms with Gasteiger partial charge in [0.05, 0.1) is 11.1 Å². The Labute approximate surface area is 179 Å². The predicted octanol–water partition coefficient (Wildman–Crippen LogP) is 4.31. The lowest BCUT2D eigenvalue weighted by Gasteiger charge is -2.15. The summed E-state index contributed by atoms with van der Waals surface area (Å²) in [6.45, 7) is 1.18. The van der Waals surface area contributed by atoms with Crippen molar-refractivity contribution < 1.29 is 33.3 Å². The standard InChI is InChI=1S/C24H20O7/c1-16(25)22-20(30-23(26)17-9-5-3-6-10-17)13-19(29-15-28-2)14-21(22)31-24(27)18-11-7-4-8-12-18/h3-14H,15H2,1-2H3. The summed E-state index contributed by atoms with van der Waals surface area (Å²) >= 11 is 0. The van der Waals surface area contributed by atoms with E-state index in [2.05, 4.69) is 0 Å². The molecule has 0 saturated heterocycles. The van der Waals surface area contributed by atoms with E-state index in [0.717, 1.165) is 0 Å². The van der Waals surface area contributed by atoms with Gasteiger partial charge in [0.2, 0.25) is 0 Å². The number of hydrogen-bond donors (Lipinski definition) is 0. The Morgan fingerprint density at radius 2 is 1.19 bits per heavy atom. The third-order valence-electron chi connectivity index (χ3n) is 4.16. The van der Waals surface area contributed by atoms with Crippen molar-refractivity contribution in [3.8, 4) is 17.2 Å². The maximum absolute atomic E-state index is 12.6. The number of ketones is 1. The minimum atomic E-state index is -0.674. The lowest BCUT2D eigenvalue weighted by Crippen LogP contribution is -2.15. The first kappa shape index (κ1) is 21.7. The van der Waals surface area contributed by atoms with Crippen LogP contribution in [0.5, 0.6) is 17.2 Å². The van der Waals surface area contributed by atoms with Crippen molar-refractivity contribution >= 4 is 17.7 Å². The highest BCUT2D eigenvalue weighted by Crippen LogP contribution is 2.36. The summed E-state index contributed by atoms with van der Waals surface area (Å²) in [5.41, 5.74) is 0.532. The molecule has 0 amide bonds. The Bertz CT molecular complexity index is 1000. The molecule has 3 rings (SSSR count). The number of carbonyl (C=O) groups is 3. The highest BCUT2D eigenvalue weighted by molar-refractivity contribution is 6.03. The lowest BCUT2D eigenvalue weighted by molar-refractivity contribution is 0.0506. The van der Waals surface area contributed by atoms with Crippen LogP contribution in [0.3, 0.4) is 0 Å². The molecule has 0 atom stereocenters. The average Bonchev–Trinajstić information content (AvgIpc) is 2.78. The highest BCUT2D eigenvalue weighted by atomic mass is 16.7. The van der Waals surface area contributed by atoms with Gasteiger partial charge < -0.3 is 18.9 Å². The number of benzene rings is 3. The number of esters is 2. The smallest absolute Gasteiger partial charge is 0.343 e. The number of rotatable bonds is 8. The molecule has 0 spiro atoms. The molecular weight excluding hydrogens is 400 g/mol. The van der Waals surface area contributed by atoms with Crippen molar-refractivity contribution in [2.24, 2.45) is 0 Å². The van der Waals surface area contributed by atoms with Crippen molar-refractivity contribution in [2.45, 2.75) is 6.92 Å². The monoisotopic (exact) mass is 420 g/mol. The third-order valence-corrected chi connectivity index (χ3v) is 4.16. The molecule has 0 saturated carbocycles. The quantitative estimate of drug-likeness (QED) is 0.232. The minimum Gasteiger partial charge on any atom is -0.467 e. The minimum absolute atomic E-state index is 0.0571. The molecule has 31 heavy (non-hydrogen) atoms. The predicted molar refractivity (Wildman–Crippen MR) is 112 cm³/mol. The Kier molecular flexibility index (Phi) is 7.13. The van der Waals surface area contributed by atoms with Crippen LogP contribution in [-0.2, 0) is 4.74 Å². The zero-order valence-corrected chi connectivity index (χ0v) is 17.0. The molecule has 3 aromatic rings. The van der Waals surface area contributed by atoms with E-state index in [1.807, 2.05) is 0 Å². The number of methoxy groups -OCH3 is 1. The van der Waals surface area contributed by atoms with E-state index >= 15 is 0 Å². The number of carbonyl (C=O) groups excluding carboxylic acids is 3. The van der Waals surface area contributed by atoms with Crippen molar-refractivity contribution in [2.75, 3.05) is 13.9 Å². The van der Waals surface area contributed by atoms with Crippen LogP contribution in [0.4, 0.5) is 0 Å². The summed E-state index contributed by atoms with van der Waals surface area (Å²) in [5.74, 6) is -1.79. The molecule has 3 aromatic carbocycles. The fourth-order valence-corrected chi connectivity index (χ4v) is 2.75. The van der Waals surface area contributed by atoms with Gasteiger partial charge in [0, 0.05) is 19.2 Å². The molecule has 0 heterocycles. The van der Waals surface area contributed by atoms with Gasteiger partial charge in [-0.15, -0.1) is 0 Å². The largest absolute Gasteiger partial charge is 0.467 e. The van der Waals surface area contributed by atoms with E-state index < -0.39 is 17.7 Å². The Balaban J connectivity index is 2.01. The van der Waals surface area contributed by atoms with E-state index in [9.17, 15) is 14.4 Å². The molecule has 0 aliphatic carbocycles. The molecule has 0 bridgehead atoms. The molecule has 0 aliphatic rings. The zero-order valence-electron chi connectivity index (χ0n) is 17.0. The molecule has 158 valence electrons. The number of hydrogen-bond acceptors (Lipinski definition) is 7. The third kappa shape index (κ3) is 5.55. The van der Waals surface area contributed by atoms with Crippen LogP contribution in [0.2, 0.25) is 0 Å². The zero-order chi connectivity index (χ0) is 22.2. The van der Waals surface area contributed by atoms with E-state index in [-0.39, 0.29) is 29.6 Å². The lowest BCUT2D eigenvalue weighted by atomic mass is 10.1. The summed E-state index contributed by atoms with van der Waals surface area (Å²) in [6.07, 6.45) is 0. The summed E-state index contributed by atoms with van der Waals surface area (Å²) in [5, 5.41) is 0. The summed E-state index contributed by atoms with van der Waals surface area (Å²) in [4.78, 5) is 37.5. The van der Waals surface area contributed by atoms with Crippen LogP contribution >= 0.6 is 0 Å². The van der Waals surface area contributed by atoms with Gasteiger partial charge in [-0.1, -0.05) is 36.4 Å². The van der Waals surface area contributed by atoms with Gasteiger partial charge in [0.25, 0.3) is 0 Å². The molecule has 0 unspecified atom stereocenters. The summed E-state index contributed by atoms with van der Waals surface area (Å²) in [6, 6.07) is 19.3. The Morgan fingerprint density at radius 1 is 0.742 bits per heavy atom. The number of ether oxygens (including phenoxy) is 4. The average molecular weight is 420 g/mol. The Hall–Kier alpha value is -3.97.